The second-order valence-electron chi connectivity index (χ2n) is 4.90. The third-order valence-electron chi connectivity index (χ3n) is 3.81. The summed E-state index contributed by atoms with van der Waals surface area (Å²) in [5.74, 6) is -0.121. The van der Waals surface area contributed by atoms with Crippen molar-refractivity contribution >= 4 is 22.6 Å². The first-order valence-corrected chi connectivity index (χ1v) is 6.77. The van der Waals surface area contributed by atoms with Gasteiger partial charge in [-0.15, -0.1) is 0 Å². The summed E-state index contributed by atoms with van der Waals surface area (Å²) in [5.41, 5.74) is 0.608. The van der Waals surface area contributed by atoms with Crippen LogP contribution in [0.4, 0.5) is 4.39 Å². The molecule has 0 unspecified atom stereocenters. The molecular weight excluding hydrogens is 269 g/mol. The minimum atomic E-state index is -1.05. The molecule has 1 aliphatic rings. The van der Waals surface area contributed by atoms with E-state index in [9.17, 15) is 4.39 Å². The number of nitrogens with zero attached hydrogens (tertiary/aromatic N) is 3. The zero-order valence-electron chi connectivity index (χ0n) is 10.8. The first-order chi connectivity index (χ1) is 9.13. The Morgan fingerprint density at radius 3 is 2.95 bits per heavy atom. The Morgan fingerprint density at radius 1 is 1.47 bits per heavy atom. The molecule has 102 valence electrons. The average Bonchev–Trinajstić information content (AvgIpc) is 2.94. The molecular formula is C13H15ClFN3O. The van der Waals surface area contributed by atoms with Gasteiger partial charge in [-0.05, 0) is 12.5 Å². The summed E-state index contributed by atoms with van der Waals surface area (Å²) in [4.78, 5) is 8.10. The smallest absolute Gasteiger partial charge is 0.167 e. The number of rotatable bonds is 2. The lowest BCUT2D eigenvalue weighted by Crippen LogP contribution is -2.19. The summed E-state index contributed by atoms with van der Waals surface area (Å²) < 4.78 is 21.9. The van der Waals surface area contributed by atoms with E-state index in [1.54, 1.807) is 16.8 Å². The lowest BCUT2D eigenvalue weighted by molar-refractivity contribution is -0.0183. The van der Waals surface area contributed by atoms with Crippen molar-refractivity contribution in [1.29, 1.82) is 0 Å². The number of alkyl halides is 1. The molecule has 3 heterocycles. The molecule has 0 saturated carbocycles. The van der Waals surface area contributed by atoms with E-state index in [4.69, 9.17) is 16.3 Å². The van der Waals surface area contributed by atoms with Gasteiger partial charge in [-0.2, -0.15) is 0 Å². The lowest BCUT2D eigenvalue weighted by Gasteiger charge is -2.16. The van der Waals surface area contributed by atoms with Gasteiger partial charge in [-0.25, -0.2) is 14.4 Å². The second kappa shape index (κ2) is 4.72. The van der Waals surface area contributed by atoms with Gasteiger partial charge in [0.15, 0.2) is 12.4 Å². The van der Waals surface area contributed by atoms with E-state index in [-0.39, 0.29) is 12.0 Å². The zero-order chi connectivity index (χ0) is 13.6. The molecule has 6 heteroatoms. The van der Waals surface area contributed by atoms with Crippen LogP contribution in [-0.2, 0) is 4.74 Å². The summed E-state index contributed by atoms with van der Waals surface area (Å²) in [6.07, 6.45) is 2.19. The molecule has 1 fully saturated rings. The van der Waals surface area contributed by atoms with E-state index in [2.05, 4.69) is 9.97 Å². The Hall–Kier alpha value is -1.20. The van der Waals surface area contributed by atoms with Crippen LogP contribution in [0, 0.1) is 5.92 Å². The zero-order valence-corrected chi connectivity index (χ0v) is 11.5. The van der Waals surface area contributed by atoms with Crippen LogP contribution in [0.5, 0.6) is 0 Å². The van der Waals surface area contributed by atoms with Crippen molar-refractivity contribution < 1.29 is 9.13 Å². The van der Waals surface area contributed by atoms with E-state index in [1.165, 1.54) is 6.33 Å². The normalized spacial score (nSPS) is 31.2. The first kappa shape index (κ1) is 12.8. The number of ether oxygens (including phenoxy) is 1. The van der Waals surface area contributed by atoms with Crippen LogP contribution < -0.4 is 0 Å². The molecule has 19 heavy (non-hydrogen) atoms. The molecule has 1 saturated heterocycles. The van der Waals surface area contributed by atoms with E-state index in [1.807, 2.05) is 13.8 Å². The predicted molar refractivity (Wildman–Crippen MR) is 70.8 cm³/mol. The summed E-state index contributed by atoms with van der Waals surface area (Å²) in [5, 5.41) is 1.09. The molecule has 0 aliphatic carbocycles. The van der Waals surface area contributed by atoms with Gasteiger partial charge in [0.2, 0.25) is 0 Å². The molecule has 0 radical (unpaired) electrons. The van der Waals surface area contributed by atoms with Gasteiger partial charge in [-0.3, -0.25) is 0 Å². The fraction of sp³-hybridized carbons (Fsp3) is 0.538. The van der Waals surface area contributed by atoms with E-state index in [0.717, 1.165) is 6.42 Å². The van der Waals surface area contributed by atoms with Crippen LogP contribution in [-0.4, -0.2) is 26.8 Å². The van der Waals surface area contributed by atoms with Crippen molar-refractivity contribution in [3.63, 3.8) is 0 Å². The Morgan fingerprint density at radius 2 is 2.26 bits per heavy atom. The van der Waals surface area contributed by atoms with Crippen LogP contribution >= 0.6 is 11.6 Å². The number of halogens is 2. The van der Waals surface area contributed by atoms with E-state index >= 15 is 0 Å². The van der Waals surface area contributed by atoms with Gasteiger partial charge >= 0.3 is 0 Å². The van der Waals surface area contributed by atoms with Gasteiger partial charge in [0.1, 0.15) is 17.1 Å². The van der Waals surface area contributed by atoms with Crippen molar-refractivity contribution in [3.05, 3.63) is 23.7 Å². The van der Waals surface area contributed by atoms with Crippen molar-refractivity contribution in [2.75, 3.05) is 0 Å². The predicted octanol–water partition coefficient (Wildman–Crippen LogP) is 3.37. The first-order valence-electron chi connectivity index (χ1n) is 6.40. The summed E-state index contributed by atoms with van der Waals surface area (Å²) in [6.45, 7) is 3.88. The van der Waals surface area contributed by atoms with Crippen LogP contribution in [0.15, 0.2) is 18.6 Å². The summed E-state index contributed by atoms with van der Waals surface area (Å²) >= 11 is 6.00. The van der Waals surface area contributed by atoms with Crippen molar-refractivity contribution in [3.8, 4) is 0 Å². The topological polar surface area (TPSA) is 39.9 Å². The minimum absolute atomic E-state index is 0.0604. The minimum Gasteiger partial charge on any atom is -0.351 e. The number of hydrogen-bond donors (Lipinski definition) is 0. The SMILES string of the molecule is CC[C@H]1O[C@@H](n2ccc3c(Cl)ncnc32)[C@@H](F)[C@@H]1C. The molecule has 4 atom stereocenters. The second-order valence-corrected chi connectivity index (χ2v) is 5.26. The fourth-order valence-electron chi connectivity index (χ4n) is 2.68. The van der Waals surface area contributed by atoms with Crippen molar-refractivity contribution in [1.82, 2.24) is 14.5 Å². The highest BCUT2D eigenvalue weighted by atomic mass is 35.5. The highest BCUT2D eigenvalue weighted by molar-refractivity contribution is 6.33. The standard InChI is InChI=1S/C13H15ClFN3O/c1-3-9-7(2)10(15)13(19-9)18-5-4-8-11(14)16-6-17-12(8)18/h4-7,9-10,13H,3H2,1-2H3/t7-,9-,10+,13-/m1/s1. The Bertz CT molecular complexity index is 603. The van der Waals surface area contributed by atoms with Crippen LogP contribution in [0.2, 0.25) is 5.15 Å². The Kier molecular flexibility index (Phi) is 3.19. The Labute approximate surface area is 115 Å². The largest absolute Gasteiger partial charge is 0.351 e. The van der Waals surface area contributed by atoms with E-state index < -0.39 is 12.4 Å². The molecule has 3 rings (SSSR count). The molecule has 0 aromatic carbocycles. The summed E-state index contributed by atoms with van der Waals surface area (Å²) in [7, 11) is 0. The molecule has 4 nitrogen and oxygen atoms in total. The molecule has 0 spiro atoms. The molecule has 2 aromatic rings. The highest BCUT2D eigenvalue weighted by Crippen LogP contribution is 2.39. The third-order valence-corrected chi connectivity index (χ3v) is 4.11. The quantitative estimate of drug-likeness (QED) is 0.794. The molecule has 1 aliphatic heterocycles. The van der Waals surface area contributed by atoms with Gasteiger partial charge in [0, 0.05) is 12.1 Å². The average molecular weight is 284 g/mol. The summed E-state index contributed by atoms with van der Waals surface area (Å²) in [6, 6.07) is 1.79. The Balaban J connectivity index is 2.04. The van der Waals surface area contributed by atoms with Crippen LogP contribution in [0.25, 0.3) is 11.0 Å². The molecule has 0 N–H and O–H groups in total. The van der Waals surface area contributed by atoms with Gasteiger partial charge < -0.3 is 9.30 Å². The molecule has 2 aromatic heterocycles. The van der Waals surface area contributed by atoms with Gasteiger partial charge in [0.05, 0.1) is 11.5 Å². The monoisotopic (exact) mass is 283 g/mol. The number of hydrogen-bond acceptors (Lipinski definition) is 3. The third kappa shape index (κ3) is 1.92. The van der Waals surface area contributed by atoms with Crippen molar-refractivity contribution in [2.24, 2.45) is 5.92 Å². The van der Waals surface area contributed by atoms with Gasteiger partial charge in [-0.1, -0.05) is 25.4 Å². The van der Waals surface area contributed by atoms with Crippen LogP contribution in [0.1, 0.15) is 26.5 Å². The maximum Gasteiger partial charge on any atom is 0.167 e. The number of aromatic nitrogens is 3. The fourth-order valence-corrected chi connectivity index (χ4v) is 2.87. The maximum atomic E-state index is 14.4. The molecule has 0 amide bonds. The maximum absolute atomic E-state index is 14.4. The van der Waals surface area contributed by atoms with E-state index in [0.29, 0.717) is 16.2 Å². The number of fused-ring (bicyclic) bond motifs is 1. The van der Waals surface area contributed by atoms with Crippen molar-refractivity contribution in [2.45, 2.75) is 38.8 Å². The van der Waals surface area contributed by atoms with Crippen LogP contribution in [0.3, 0.4) is 0 Å². The molecule has 0 bridgehead atoms. The van der Waals surface area contributed by atoms with Gasteiger partial charge in [0.25, 0.3) is 0 Å². The lowest BCUT2D eigenvalue weighted by atomic mass is 10.00. The highest BCUT2D eigenvalue weighted by Gasteiger charge is 2.42.